The van der Waals surface area contributed by atoms with Crippen molar-refractivity contribution in [2.24, 2.45) is 5.92 Å². The van der Waals surface area contributed by atoms with Gasteiger partial charge in [-0.25, -0.2) is 9.78 Å². The van der Waals surface area contributed by atoms with Crippen molar-refractivity contribution in [2.75, 3.05) is 26.2 Å². The second kappa shape index (κ2) is 17.7. The number of benzene rings is 1. The van der Waals surface area contributed by atoms with Gasteiger partial charge in [0.2, 0.25) is 11.8 Å². The Hall–Kier alpha value is -3.36. The molecule has 0 unspecified atom stereocenters. The van der Waals surface area contributed by atoms with Crippen molar-refractivity contribution in [1.29, 1.82) is 0 Å². The van der Waals surface area contributed by atoms with E-state index in [1.807, 2.05) is 101 Å². The molecule has 3 amide bonds. The molecular weight excluding hydrogens is 673 g/mol. The van der Waals surface area contributed by atoms with Crippen LogP contribution < -0.4 is 10.6 Å². The minimum Gasteiger partial charge on any atom is -0.465 e. The molecule has 1 aliphatic rings. The monoisotopic (exact) mass is 726 g/mol. The predicted octanol–water partition coefficient (Wildman–Crippen LogP) is 5.02. The van der Waals surface area contributed by atoms with Crippen LogP contribution in [0.5, 0.6) is 0 Å². The summed E-state index contributed by atoms with van der Waals surface area (Å²) in [7, 11) is 0. The van der Waals surface area contributed by atoms with Crippen LogP contribution in [0.4, 0.5) is 4.79 Å². The summed E-state index contributed by atoms with van der Waals surface area (Å²) >= 11 is 3.17. The summed E-state index contributed by atoms with van der Waals surface area (Å²) in [6.45, 7) is 16.2. The molecule has 4 atom stereocenters. The number of carbonyl (C=O) groups excluding carboxylic acids is 2. The number of aromatic nitrogens is 1. The third-order valence-electron chi connectivity index (χ3n) is 8.73. The molecule has 50 heavy (non-hydrogen) atoms. The van der Waals surface area contributed by atoms with Gasteiger partial charge in [-0.2, -0.15) is 0 Å². The standard InChI is InChI=1S/C37H54N6O5S2/c1-24(2)32(43(36(47)48)19-27-23-50-35(38-27)25(3)4)34(46)39-29(18-26-12-9-8-10-13-26)31(44)22-42-16-15-41(20-28-14-11-17-49-28)21-30(42)33(45)40-37(5,6)7/h8-14,17,23-25,29-32,44H,15-16,18-22H2,1-7H3,(H,39,46)(H,40,45)(H,47,48)/t29-,30-,31-,32-/m0/s1. The summed E-state index contributed by atoms with van der Waals surface area (Å²) in [6, 6.07) is 11.4. The van der Waals surface area contributed by atoms with E-state index in [-0.39, 0.29) is 30.8 Å². The molecule has 1 aliphatic heterocycles. The number of carbonyl (C=O) groups is 3. The Kier molecular flexibility index (Phi) is 14.0. The molecule has 1 aromatic carbocycles. The highest BCUT2D eigenvalue weighted by molar-refractivity contribution is 7.10. The Morgan fingerprint density at radius 2 is 1.76 bits per heavy atom. The highest BCUT2D eigenvalue weighted by Gasteiger charge is 2.38. The molecule has 3 heterocycles. The first-order valence-corrected chi connectivity index (χ1v) is 19.1. The number of amides is 3. The Bertz CT molecular complexity index is 1520. The number of aliphatic hydroxyl groups excluding tert-OH is 1. The zero-order valence-electron chi connectivity index (χ0n) is 30.3. The summed E-state index contributed by atoms with van der Waals surface area (Å²) < 4.78 is 0. The number of aliphatic hydroxyl groups is 1. The van der Waals surface area contributed by atoms with E-state index < -0.39 is 41.8 Å². The van der Waals surface area contributed by atoms with E-state index in [0.717, 1.165) is 28.6 Å². The predicted molar refractivity (Wildman–Crippen MR) is 199 cm³/mol. The highest BCUT2D eigenvalue weighted by Crippen LogP contribution is 2.23. The van der Waals surface area contributed by atoms with E-state index in [0.29, 0.717) is 25.2 Å². The van der Waals surface area contributed by atoms with Gasteiger partial charge >= 0.3 is 6.09 Å². The van der Waals surface area contributed by atoms with Gasteiger partial charge in [-0.1, -0.05) is 64.1 Å². The maximum atomic E-state index is 14.1. The van der Waals surface area contributed by atoms with Crippen LogP contribution in [-0.2, 0) is 29.1 Å². The molecular formula is C37H54N6O5S2. The fraction of sp³-hybridized carbons (Fsp3) is 0.568. The molecule has 13 heteroatoms. The number of rotatable bonds is 15. The first-order valence-electron chi connectivity index (χ1n) is 17.4. The summed E-state index contributed by atoms with van der Waals surface area (Å²) in [5, 5.41) is 33.2. The molecule has 3 aromatic rings. The van der Waals surface area contributed by atoms with Gasteiger partial charge in [-0.05, 0) is 50.1 Å². The molecule has 0 aliphatic carbocycles. The van der Waals surface area contributed by atoms with E-state index >= 15 is 0 Å². The maximum absolute atomic E-state index is 14.1. The molecule has 4 rings (SSSR count). The Labute approximate surface area is 304 Å². The van der Waals surface area contributed by atoms with Crippen molar-refractivity contribution < 1.29 is 24.6 Å². The lowest BCUT2D eigenvalue weighted by atomic mass is 9.97. The van der Waals surface area contributed by atoms with Crippen molar-refractivity contribution in [2.45, 2.75) is 104 Å². The van der Waals surface area contributed by atoms with Crippen molar-refractivity contribution in [3.63, 3.8) is 0 Å². The molecule has 4 N–H and O–H groups in total. The number of carboxylic acid groups (broad SMARTS) is 1. The van der Waals surface area contributed by atoms with Crippen LogP contribution in [-0.4, -0.2) is 104 Å². The molecule has 0 saturated carbocycles. The number of thiophene rings is 1. The zero-order chi connectivity index (χ0) is 36.6. The normalized spacial score (nSPS) is 17.8. The number of β-amino-alcohol motifs (C(OH)–C–C–N with tert-alkyl or cyclic N) is 1. The smallest absolute Gasteiger partial charge is 0.408 e. The van der Waals surface area contributed by atoms with E-state index in [1.165, 1.54) is 16.2 Å². The van der Waals surface area contributed by atoms with E-state index in [1.54, 1.807) is 11.3 Å². The number of nitrogens with one attached hydrogen (secondary N) is 2. The van der Waals surface area contributed by atoms with Gasteiger partial charge in [0, 0.05) is 54.4 Å². The van der Waals surface area contributed by atoms with Crippen LogP contribution in [0.1, 0.15) is 75.5 Å². The van der Waals surface area contributed by atoms with Crippen LogP contribution in [0.3, 0.4) is 0 Å². The quantitative estimate of drug-likeness (QED) is 0.171. The Morgan fingerprint density at radius 1 is 1.04 bits per heavy atom. The van der Waals surface area contributed by atoms with Crippen molar-refractivity contribution in [3.8, 4) is 0 Å². The maximum Gasteiger partial charge on any atom is 0.408 e. The van der Waals surface area contributed by atoms with Gasteiger partial charge in [0.05, 0.1) is 29.4 Å². The summed E-state index contributed by atoms with van der Waals surface area (Å²) in [5.41, 5.74) is 1.08. The minimum absolute atomic E-state index is 0.0267. The van der Waals surface area contributed by atoms with Crippen molar-refractivity contribution >= 4 is 40.6 Å². The fourth-order valence-corrected chi connectivity index (χ4v) is 7.85. The van der Waals surface area contributed by atoms with Crippen LogP contribution in [0.2, 0.25) is 0 Å². The average Bonchev–Trinajstić information content (AvgIpc) is 3.73. The largest absolute Gasteiger partial charge is 0.465 e. The first kappa shape index (κ1) is 39.4. The lowest BCUT2D eigenvalue weighted by molar-refractivity contribution is -0.133. The number of piperazine rings is 1. The second-order valence-electron chi connectivity index (χ2n) is 14.9. The highest BCUT2D eigenvalue weighted by atomic mass is 32.1. The van der Waals surface area contributed by atoms with Crippen LogP contribution in [0.15, 0.2) is 53.2 Å². The fourth-order valence-electron chi connectivity index (χ4n) is 6.27. The third-order valence-corrected chi connectivity index (χ3v) is 10.8. The molecule has 1 fully saturated rings. The van der Waals surface area contributed by atoms with Crippen LogP contribution in [0, 0.1) is 5.92 Å². The summed E-state index contributed by atoms with van der Waals surface area (Å²) in [5.74, 6) is -0.737. The zero-order valence-corrected chi connectivity index (χ0v) is 32.0. The van der Waals surface area contributed by atoms with E-state index in [2.05, 4.69) is 26.6 Å². The molecule has 274 valence electrons. The van der Waals surface area contributed by atoms with Gasteiger partial charge in [0.15, 0.2) is 0 Å². The molecule has 0 bridgehead atoms. The molecule has 0 spiro atoms. The number of hydrogen-bond donors (Lipinski definition) is 4. The summed E-state index contributed by atoms with van der Waals surface area (Å²) in [4.78, 5) is 51.7. The Morgan fingerprint density at radius 3 is 2.34 bits per heavy atom. The number of thiazole rings is 1. The van der Waals surface area contributed by atoms with Gasteiger partial charge in [0.1, 0.15) is 12.1 Å². The van der Waals surface area contributed by atoms with Crippen molar-refractivity contribution in [1.82, 2.24) is 30.3 Å². The molecule has 0 radical (unpaired) electrons. The summed E-state index contributed by atoms with van der Waals surface area (Å²) in [6.07, 6.45) is -1.94. The molecule has 1 saturated heterocycles. The number of nitrogens with zero attached hydrogens (tertiary/aromatic N) is 4. The van der Waals surface area contributed by atoms with Crippen molar-refractivity contribution in [3.05, 3.63) is 74.4 Å². The van der Waals surface area contributed by atoms with Gasteiger partial charge in [-0.15, -0.1) is 22.7 Å². The van der Waals surface area contributed by atoms with Crippen LogP contribution >= 0.6 is 22.7 Å². The Balaban J connectivity index is 1.56. The molecule has 2 aromatic heterocycles. The lowest BCUT2D eigenvalue weighted by Gasteiger charge is -2.43. The van der Waals surface area contributed by atoms with Gasteiger partial charge in [-0.3, -0.25) is 24.3 Å². The SMILES string of the molecule is CC(C)c1nc(CN(C(=O)O)[C@H](C(=O)N[C@@H](Cc2ccccc2)[C@@H](O)CN2CCN(Cc3cccs3)C[C@H]2C(=O)NC(C)(C)C)C(C)C)cs1. The average molecular weight is 727 g/mol. The number of hydrogen-bond acceptors (Lipinski definition) is 9. The topological polar surface area (TPSA) is 138 Å². The van der Waals surface area contributed by atoms with E-state index in [4.69, 9.17) is 0 Å². The minimum atomic E-state index is -1.22. The van der Waals surface area contributed by atoms with E-state index in [9.17, 15) is 24.6 Å². The first-order chi connectivity index (χ1) is 23.6. The van der Waals surface area contributed by atoms with Gasteiger partial charge < -0.3 is 20.8 Å². The second-order valence-corrected chi connectivity index (χ2v) is 16.8. The third kappa shape index (κ3) is 11.3. The molecule has 11 nitrogen and oxygen atoms in total. The van der Waals surface area contributed by atoms with Crippen LogP contribution in [0.25, 0.3) is 0 Å². The lowest BCUT2D eigenvalue weighted by Crippen LogP contribution is -2.63. The van der Waals surface area contributed by atoms with Gasteiger partial charge in [0.25, 0.3) is 0 Å².